The third kappa shape index (κ3) is 4.94. The van der Waals surface area contributed by atoms with Crippen LogP contribution in [0, 0.1) is 5.82 Å². The Bertz CT molecular complexity index is 707. The molecule has 1 saturated heterocycles. The topological polar surface area (TPSA) is 38.5 Å². The van der Waals surface area contributed by atoms with Crippen LogP contribution >= 0.6 is 11.6 Å². The Kier molecular flexibility index (Phi) is 5.94. The Morgan fingerprint density at radius 2 is 2.00 bits per heavy atom. The number of hydrogen-bond donors (Lipinski definition) is 1. The Morgan fingerprint density at radius 1 is 1.24 bits per heavy atom. The average molecular weight is 363 g/mol. The molecule has 3 rings (SSSR count). The Morgan fingerprint density at radius 3 is 2.76 bits per heavy atom. The summed E-state index contributed by atoms with van der Waals surface area (Å²) < 4.78 is 19.0. The Balaban J connectivity index is 1.72. The number of piperidine rings is 1. The molecule has 0 aliphatic carbocycles. The molecule has 25 heavy (non-hydrogen) atoms. The van der Waals surface area contributed by atoms with Crippen molar-refractivity contribution in [1.82, 2.24) is 4.90 Å². The minimum Gasteiger partial charge on any atom is -0.489 e. The largest absolute Gasteiger partial charge is 0.489 e. The molecule has 5 heteroatoms. The zero-order valence-corrected chi connectivity index (χ0v) is 15.2. The van der Waals surface area contributed by atoms with Crippen molar-refractivity contribution in [2.24, 2.45) is 5.73 Å². The van der Waals surface area contributed by atoms with Crippen LogP contribution in [0.2, 0.25) is 5.02 Å². The molecule has 2 aromatic carbocycles. The van der Waals surface area contributed by atoms with Crippen molar-refractivity contribution in [3.8, 4) is 5.75 Å². The number of benzene rings is 2. The zero-order chi connectivity index (χ0) is 17.8. The van der Waals surface area contributed by atoms with Gasteiger partial charge in [0.25, 0.3) is 0 Å². The van der Waals surface area contributed by atoms with Gasteiger partial charge < -0.3 is 15.4 Å². The molecule has 2 unspecified atom stereocenters. The SMILES string of the molecule is CN1CCC(N)CC1Cc1cc(Cl)ccc1OCc1ccc(F)cc1. The number of nitrogens with two attached hydrogens (primary N) is 1. The second-order valence-corrected chi connectivity index (χ2v) is 7.23. The van der Waals surface area contributed by atoms with Crippen LogP contribution in [-0.2, 0) is 13.0 Å². The first-order valence-electron chi connectivity index (χ1n) is 8.63. The summed E-state index contributed by atoms with van der Waals surface area (Å²) >= 11 is 6.20. The molecule has 1 heterocycles. The van der Waals surface area contributed by atoms with Crippen molar-refractivity contribution in [3.05, 3.63) is 64.4 Å². The van der Waals surface area contributed by atoms with Crippen molar-refractivity contribution >= 4 is 11.6 Å². The van der Waals surface area contributed by atoms with E-state index in [9.17, 15) is 4.39 Å². The first-order chi connectivity index (χ1) is 12.0. The van der Waals surface area contributed by atoms with Crippen LogP contribution in [0.1, 0.15) is 24.0 Å². The molecule has 2 atom stereocenters. The number of nitrogens with zero attached hydrogens (tertiary/aromatic N) is 1. The standard InChI is InChI=1S/C20H24ClFN2O/c1-24-9-8-18(23)12-19(24)11-15-10-16(21)4-7-20(15)25-13-14-2-5-17(22)6-3-14/h2-7,10,18-19H,8-9,11-13,23H2,1H3. The van der Waals surface area contributed by atoms with E-state index in [0.717, 1.165) is 42.7 Å². The Labute approximate surface area is 153 Å². The molecule has 134 valence electrons. The van der Waals surface area contributed by atoms with E-state index in [0.29, 0.717) is 17.7 Å². The van der Waals surface area contributed by atoms with Gasteiger partial charge in [0.05, 0.1) is 0 Å². The summed E-state index contributed by atoms with van der Waals surface area (Å²) in [6.07, 6.45) is 2.86. The van der Waals surface area contributed by atoms with Crippen molar-refractivity contribution in [2.45, 2.75) is 38.0 Å². The van der Waals surface area contributed by atoms with Gasteiger partial charge in [0, 0.05) is 17.1 Å². The van der Waals surface area contributed by atoms with Crippen LogP contribution < -0.4 is 10.5 Å². The van der Waals surface area contributed by atoms with Gasteiger partial charge in [-0.1, -0.05) is 23.7 Å². The van der Waals surface area contributed by atoms with E-state index in [-0.39, 0.29) is 11.9 Å². The van der Waals surface area contributed by atoms with Gasteiger partial charge in [-0.3, -0.25) is 0 Å². The van der Waals surface area contributed by atoms with Gasteiger partial charge in [0.1, 0.15) is 18.2 Å². The zero-order valence-electron chi connectivity index (χ0n) is 14.4. The van der Waals surface area contributed by atoms with Crippen molar-refractivity contribution < 1.29 is 9.13 Å². The highest BCUT2D eigenvalue weighted by atomic mass is 35.5. The van der Waals surface area contributed by atoms with Crippen LogP contribution in [0.3, 0.4) is 0 Å². The van der Waals surface area contributed by atoms with Crippen molar-refractivity contribution in [2.75, 3.05) is 13.6 Å². The molecule has 2 aromatic rings. The molecule has 1 aliphatic heterocycles. The lowest BCUT2D eigenvalue weighted by molar-refractivity contribution is 0.168. The lowest BCUT2D eigenvalue weighted by Gasteiger charge is -2.36. The normalized spacial score (nSPS) is 21.3. The molecule has 0 amide bonds. The molecule has 0 radical (unpaired) electrons. The monoisotopic (exact) mass is 362 g/mol. The molecular weight excluding hydrogens is 339 g/mol. The number of hydrogen-bond acceptors (Lipinski definition) is 3. The second kappa shape index (κ2) is 8.17. The molecule has 1 fully saturated rings. The molecular formula is C20H24ClFN2O. The molecule has 0 bridgehead atoms. The third-order valence-electron chi connectivity index (χ3n) is 4.84. The van der Waals surface area contributed by atoms with Crippen molar-refractivity contribution in [3.63, 3.8) is 0 Å². The van der Waals surface area contributed by atoms with Gasteiger partial charge in [0.2, 0.25) is 0 Å². The fourth-order valence-electron chi connectivity index (χ4n) is 3.28. The van der Waals surface area contributed by atoms with Crippen LogP contribution in [0.5, 0.6) is 5.75 Å². The summed E-state index contributed by atoms with van der Waals surface area (Å²) in [5.74, 6) is 0.578. The highest BCUT2D eigenvalue weighted by Gasteiger charge is 2.25. The van der Waals surface area contributed by atoms with E-state index in [1.165, 1.54) is 12.1 Å². The van der Waals surface area contributed by atoms with Crippen LogP contribution in [0.15, 0.2) is 42.5 Å². The van der Waals surface area contributed by atoms with Gasteiger partial charge in [-0.05, 0) is 74.3 Å². The highest BCUT2D eigenvalue weighted by molar-refractivity contribution is 6.30. The summed E-state index contributed by atoms with van der Waals surface area (Å²) in [5, 5.41) is 0.701. The van der Waals surface area contributed by atoms with E-state index in [2.05, 4.69) is 11.9 Å². The van der Waals surface area contributed by atoms with Crippen LogP contribution in [-0.4, -0.2) is 30.6 Å². The molecule has 0 spiro atoms. The van der Waals surface area contributed by atoms with Gasteiger partial charge in [-0.25, -0.2) is 4.39 Å². The second-order valence-electron chi connectivity index (χ2n) is 6.79. The Hall–Kier alpha value is -1.62. The number of rotatable bonds is 5. The van der Waals surface area contributed by atoms with Gasteiger partial charge >= 0.3 is 0 Å². The smallest absolute Gasteiger partial charge is 0.123 e. The summed E-state index contributed by atoms with van der Waals surface area (Å²) in [5.41, 5.74) is 8.15. The maximum Gasteiger partial charge on any atom is 0.123 e. The lowest BCUT2D eigenvalue weighted by atomic mass is 9.93. The third-order valence-corrected chi connectivity index (χ3v) is 5.07. The summed E-state index contributed by atoms with van der Waals surface area (Å²) in [6, 6.07) is 12.7. The predicted molar refractivity (Wildman–Crippen MR) is 99.5 cm³/mol. The quantitative estimate of drug-likeness (QED) is 0.873. The van der Waals surface area contributed by atoms with Gasteiger partial charge in [-0.2, -0.15) is 0 Å². The minimum absolute atomic E-state index is 0.243. The fourth-order valence-corrected chi connectivity index (χ4v) is 3.48. The predicted octanol–water partition coefficient (Wildman–Crippen LogP) is 4.02. The average Bonchev–Trinajstić information content (AvgIpc) is 2.59. The van der Waals surface area contributed by atoms with E-state index in [4.69, 9.17) is 22.1 Å². The lowest BCUT2D eigenvalue weighted by Crippen LogP contribution is -2.45. The fraction of sp³-hybridized carbons (Fsp3) is 0.400. The molecule has 2 N–H and O–H groups in total. The number of ether oxygens (including phenoxy) is 1. The molecule has 3 nitrogen and oxygen atoms in total. The van der Waals surface area contributed by atoms with Gasteiger partial charge in [-0.15, -0.1) is 0 Å². The van der Waals surface area contributed by atoms with E-state index in [1.807, 2.05) is 18.2 Å². The van der Waals surface area contributed by atoms with Gasteiger partial charge in [0.15, 0.2) is 0 Å². The summed E-state index contributed by atoms with van der Waals surface area (Å²) in [6.45, 7) is 1.41. The van der Waals surface area contributed by atoms with E-state index in [1.54, 1.807) is 12.1 Å². The molecule has 1 aliphatic rings. The van der Waals surface area contributed by atoms with Crippen molar-refractivity contribution in [1.29, 1.82) is 0 Å². The highest BCUT2D eigenvalue weighted by Crippen LogP contribution is 2.28. The van der Waals surface area contributed by atoms with E-state index >= 15 is 0 Å². The van der Waals surface area contributed by atoms with Crippen LogP contribution in [0.4, 0.5) is 4.39 Å². The summed E-state index contributed by atoms with van der Waals surface area (Å²) in [4.78, 5) is 2.36. The molecule has 0 aromatic heterocycles. The van der Waals surface area contributed by atoms with E-state index < -0.39 is 0 Å². The number of likely N-dealkylation sites (tertiary alicyclic amines) is 1. The maximum atomic E-state index is 13.0. The maximum absolute atomic E-state index is 13.0. The first-order valence-corrected chi connectivity index (χ1v) is 9.00. The summed E-state index contributed by atoms with van der Waals surface area (Å²) in [7, 11) is 2.14. The first kappa shape index (κ1) is 18.2. The number of halogens is 2. The van der Waals surface area contributed by atoms with Crippen LogP contribution in [0.25, 0.3) is 0 Å². The molecule has 0 saturated carbocycles. The number of likely N-dealkylation sites (N-methyl/N-ethyl adjacent to an activating group) is 1. The minimum atomic E-state index is -0.243.